The molecule has 4 aliphatic rings. The highest BCUT2D eigenvalue weighted by molar-refractivity contribution is 4.99. The van der Waals surface area contributed by atoms with Crippen molar-refractivity contribution >= 4 is 0 Å². The Morgan fingerprint density at radius 2 is 1.45 bits per heavy atom. The molecule has 4 heterocycles. The molecule has 0 amide bonds. The number of epoxide rings is 2. The summed E-state index contributed by atoms with van der Waals surface area (Å²) in [6.45, 7) is 1.79. The Balaban J connectivity index is 1.46. The van der Waals surface area contributed by atoms with Crippen molar-refractivity contribution in [3.05, 3.63) is 0 Å². The minimum Gasteiger partial charge on any atom is -0.387 e. The van der Waals surface area contributed by atoms with Crippen molar-refractivity contribution in [2.24, 2.45) is 0 Å². The first-order valence-electron chi connectivity index (χ1n) is 6.76. The monoisotopic (exact) mass is 290 g/mol. The Morgan fingerprint density at radius 3 is 2.10 bits per heavy atom. The van der Waals surface area contributed by atoms with Crippen molar-refractivity contribution in [3.63, 3.8) is 0 Å². The minimum absolute atomic E-state index is 0.341. The quantitative estimate of drug-likeness (QED) is 0.595. The number of hydrogen-bond acceptors (Lipinski definition) is 8. The first-order chi connectivity index (χ1) is 9.60. The van der Waals surface area contributed by atoms with Crippen LogP contribution in [-0.4, -0.2) is 78.9 Å². The van der Waals surface area contributed by atoms with Gasteiger partial charge in [0.05, 0.1) is 6.10 Å². The smallest absolute Gasteiger partial charge is 0.190 e. The van der Waals surface area contributed by atoms with Gasteiger partial charge in [0, 0.05) is 7.11 Å². The van der Waals surface area contributed by atoms with E-state index in [0.717, 1.165) is 0 Å². The van der Waals surface area contributed by atoms with E-state index in [0.29, 0.717) is 0 Å². The van der Waals surface area contributed by atoms with Gasteiger partial charge in [0.15, 0.2) is 18.9 Å². The van der Waals surface area contributed by atoms with Crippen LogP contribution in [0.15, 0.2) is 0 Å². The zero-order chi connectivity index (χ0) is 14.0. The maximum Gasteiger partial charge on any atom is 0.190 e. The molecule has 8 heteroatoms. The van der Waals surface area contributed by atoms with Crippen LogP contribution in [0.2, 0.25) is 0 Å². The van der Waals surface area contributed by atoms with Gasteiger partial charge in [-0.15, -0.1) is 0 Å². The Kier molecular flexibility index (Phi) is 3.06. The molecular formula is C12H18O8. The average molecular weight is 290 g/mol. The lowest BCUT2D eigenvalue weighted by atomic mass is 10.0. The summed E-state index contributed by atoms with van der Waals surface area (Å²) >= 11 is 0. The fourth-order valence-electron chi connectivity index (χ4n) is 2.94. The van der Waals surface area contributed by atoms with E-state index < -0.39 is 37.0 Å². The number of ether oxygens (including phenoxy) is 6. The maximum absolute atomic E-state index is 10.2. The average Bonchev–Trinajstić information content (AvgIpc) is 3.28. The molecule has 0 spiro atoms. The van der Waals surface area contributed by atoms with Gasteiger partial charge in [0.1, 0.15) is 36.6 Å². The van der Waals surface area contributed by atoms with Crippen molar-refractivity contribution in [1.82, 2.24) is 0 Å². The molecule has 2 N–H and O–H groups in total. The molecule has 0 aliphatic carbocycles. The Morgan fingerprint density at radius 1 is 0.850 bits per heavy atom. The van der Waals surface area contributed by atoms with Gasteiger partial charge in [-0.3, -0.25) is 0 Å². The van der Waals surface area contributed by atoms with Crippen LogP contribution in [-0.2, 0) is 28.4 Å². The molecule has 0 radical (unpaired) electrons. The zero-order valence-corrected chi connectivity index (χ0v) is 11.1. The standard InChI is InChI=1S/C12H18O8/c1-3-6(4(13)8-11(16-3)18-8)17-10-7(15-2)5(14)9-12(19-9)20-10/h3-14H,1-2H3/t3-,4?,5?,6?,7?,8?,9?,10?,11?,12?/m0/s1. The fourth-order valence-corrected chi connectivity index (χ4v) is 2.94. The van der Waals surface area contributed by atoms with Crippen LogP contribution in [0.1, 0.15) is 6.92 Å². The molecule has 114 valence electrons. The summed E-state index contributed by atoms with van der Waals surface area (Å²) < 4.78 is 32.4. The third-order valence-electron chi connectivity index (χ3n) is 4.22. The molecule has 10 atom stereocenters. The van der Waals surface area contributed by atoms with E-state index in [2.05, 4.69) is 0 Å². The number of aliphatic hydroxyl groups is 2. The molecule has 0 aromatic rings. The SMILES string of the molecule is COC1C(OC2C(O)C3OC3O[C@H]2C)OC2OC2C1O. The van der Waals surface area contributed by atoms with Crippen molar-refractivity contribution in [2.45, 2.75) is 68.5 Å². The normalized spacial score (nSPS) is 60.6. The van der Waals surface area contributed by atoms with Crippen molar-refractivity contribution in [3.8, 4) is 0 Å². The highest BCUT2D eigenvalue weighted by Crippen LogP contribution is 2.41. The molecule has 4 fully saturated rings. The van der Waals surface area contributed by atoms with Gasteiger partial charge in [0.25, 0.3) is 0 Å². The first-order valence-corrected chi connectivity index (χ1v) is 6.76. The second-order valence-electron chi connectivity index (χ2n) is 5.57. The van der Waals surface area contributed by atoms with Gasteiger partial charge in [-0.1, -0.05) is 0 Å². The molecule has 0 aromatic heterocycles. The van der Waals surface area contributed by atoms with Crippen LogP contribution < -0.4 is 0 Å². The van der Waals surface area contributed by atoms with Crippen LogP contribution in [0.5, 0.6) is 0 Å². The van der Waals surface area contributed by atoms with Gasteiger partial charge >= 0.3 is 0 Å². The van der Waals surface area contributed by atoms with Crippen LogP contribution in [0.25, 0.3) is 0 Å². The van der Waals surface area contributed by atoms with Gasteiger partial charge in [-0.05, 0) is 6.92 Å². The summed E-state index contributed by atoms with van der Waals surface area (Å²) in [4.78, 5) is 0. The van der Waals surface area contributed by atoms with E-state index in [1.807, 2.05) is 0 Å². The summed E-state index contributed by atoms with van der Waals surface area (Å²) in [5.41, 5.74) is 0. The van der Waals surface area contributed by atoms with Gasteiger partial charge < -0.3 is 38.6 Å². The lowest BCUT2D eigenvalue weighted by Crippen LogP contribution is -2.55. The summed E-state index contributed by atoms with van der Waals surface area (Å²) in [5, 5.41) is 20.2. The Labute approximate surface area is 115 Å². The van der Waals surface area contributed by atoms with E-state index in [1.165, 1.54) is 7.11 Å². The summed E-state index contributed by atoms with van der Waals surface area (Å²) in [7, 11) is 1.47. The molecule has 0 aromatic carbocycles. The number of methoxy groups -OCH3 is 1. The van der Waals surface area contributed by atoms with Gasteiger partial charge in [0.2, 0.25) is 0 Å². The summed E-state index contributed by atoms with van der Waals surface area (Å²) in [5.74, 6) is 0. The molecule has 0 bridgehead atoms. The molecule has 9 unspecified atom stereocenters. The van der Waals surface area contributed by atoms with E-state index in [1.54, 1.807) is 6.92 Å². The minimum atomic E-state index is -0.820. The van der Waals surface area contributed by atoms with Gasteiger partial charge in [-0.2, -0.15) is 0 Å². The predicted molar refractivity (Wildman–Crippen MR) is 60.4 cm³/mol. The van der Waals surface area contributed by atoms with Crippen molar-refractivity contribution in [2.75, 3.05) is 7.11 Å². The lowest BCUT2D eigenvalue weighted by molar-refractivity contribution is -0.292. The second-order valence-corrected chi connectivity index (χ2v) is 5.57. The summed E-state index contributed by atoms with van der Waals surface area (Å²) in [6.07, 6.45) is -5.57. The fraction of sp³-hybridized carbons (Fsp3) is 1.00. The topological polar surface area (TPSA) is 102 Å². The van der Waals surface area contributed by atoms with Crippen molar-refractivity contribution in [1.29, 1.82) is 0 Å². The number of aliphatic hydroxyl groups excluding tert-OH is 2. The molecular weight excluding hydrogens is 272 g/mol. The number of fused-ring (bicyclic) bond motifs is 2. The van der Waals surface area contributed by atoms with Crippen LogP contribution in [0.3, 0.4) is 0 Å². The third-order valence-corrected chi connectivity index (χ3v) is 4.22. The molecule has 4 rings (SSSR count). The Bertz CT molecular complexity index is 392. The largest absolute Gasteiger partial charge is 0.387 e. The Hall–Kier alpha value is -0.320. The molecule has 20 heavy (non-hydrogen) atoms. The molecule has 8 nitrogen and oxygen atoms in total. The van der Waals surface area contributed by atoms with E-state index in [-0.39, 0.29) is 24.6 Å². The van der Waals surface area contributed by atoms with E-state index in [4.69, 9.17) is 28.4 Å². The zero-order valence-electron chi connectivity index (χ0n) is 11.1. The van der Waals surface area contributed by atoms with Crippen LogP contribution in [0.4, 0.5) is 0 Å². The molecule has 4 saturated heterocycles. The third kappa shape index (κ3) is 1.99. The number of hydrogen-bond donors (Lipinski definition) is 2. The molecule has 0 saturated carbocycles. The first kappa shape index (κ1) is 13.4. The van der Waals surface area contributed by atoms with Crippen LogP contribution >= 0.6 is 0 Å². The van der Waals surface area contributed by atoms with Crippen molar-refractivity contribution < 1.29 is 38.6 Å². The van der Waals surface area contributed by atoms with E-state index >= 15 is 0 Å². The second kappa shape index (κ2) is 4.59. The van der Waals surface area contributed by atoms with Crippen LogP contribution in [0, 0.1) is 0 Å². The summed E-state index contributed by atoms with van der Waals surface area (Å²) in [6, 6.07) is 0. The number of rotatable bonds is 3. The predicted octanol–water partition coefficient (Wildman–Crippen LogP) is -1.67. The molecule has 4 aliphatic heterocycles. The maximum atomic E-state index is 10.2. The highest BCUT2D eigenvalue weighted by Gasteiger charge is 2.60. The highest BCUT2D eigenvalue weighted by atomic mass is 16.8. The van der Waals surface area contributed by atoms with Gasteiger partial charge in [-0.25, -0.2) is 0 Å². The lowest BCUT2D eigenvalue weighted by Gasteiger charge is -2.38. The van der Waals surface area contributed by atoms with E-state index in [9.17, 15) is 10.2 Å².